The predicted octanol–water partition coefficient (Wildman–Crippen LogP) is 3.48. The first-order chi connectivity index (χ1) is 8.65. The van der Waals surface area contributed by atoms with E-state index >= 15 is 0 Å². The van der Waals surface area contributed by atoms with Crippen molar-refractivity contribution in [3.63, 3.8) is 0 Å². The van der Waals surface area contributed by atoms with Crippen LogP contribution >= 0.6 is 0 Å². The van der Waals surface area contributed by atoms with Crippen LogP contribution in [0.2, 0.25) is 0 Å². The summed E-state index contributed by atoms with van der Waals surface area (Å²) in [6.07, 6.45) is 3.01. The quantitative estimate of drug-likeness (QED) is 0.760. The number of benzene rings is 1. The molecule has 0 aliphatic carbocycles. The second-order valence-corrected chi connectivity index (χ2v) is 5.33. The number of Topliss-reactive ketones (excluding diaryl/α,β-unsaturated/α-hetero) is 1. The van der Waals surface area contributed by atoms with E-state index in [2.05, 4.69) is 31.0 Å². The minimum Gasteiger partial charge on any atom is -0.303 e. The summed E-state index contributed by atoms with van der Waals surface area (Å²) in [6.45, 7) is 5.38. The molecule has 1 heterocycles. The van der Waals surface area contributed by atoms with Crippen molar-refractivity contribution < 1.29 is 4.79 Å². The molecule has 2 heteroatoms. The van der Waals surface area contributed by atoms with Crippen LogP contribution in [0.15, 0.2) is 24.3 Å². The van der Waals surface area contributed by atoms with Crippen molar-refractivity contribution in [2.45, 2.75) is 45.1 Å². The molecule has 2 nitrogen and oxygen atoms in total. The highest BCUT2D eigenvalue weighted by atomic mass is 16.1. The molecule has 0 radical (unpaired) electrons. The highest BCUT2D eigenvalue weighted by Gasteiger charge is 2.28. The third-order valence-corrected chi connectivity index (χ3v) is 4.29. The van der Waals surface area contributed by atoms with Crippen LogP contribution in [-0.2, 0) is 0 Å². The van der Waals surface area contributed by atoms with Crippen molar-refractivity contribution in [3.05, 3.63) is 35.4 Å². The fourth-order valence-corrected chi connectivity index (χ4v) is 2.99. The Bertz CT molecular complexity index is 427. The van der Waals surface area contributed by atoms with Crippen molar-refractivity contribution >= 4 is 5.78 Å². The maximum Gasteiger partial charge on any atom is 0.162 e. The van der Waals surface area contributed by atoms with E-state index in [4.69, 9.17) is 0 Å². The maximum absolute atomic E-state index is 12.1. The number of likely N-dealkylation sites (tertiary alicyclic amines) is 1. The van der Waals surface area contributed by atoms with E-state index in [0.29, 0.717) is 18.4 Å². The lowest BCUT2D eigenvalue weighted by Crippen LogP contribution is -2.39. The zero-order valence-electron chi connectivity index (χ0n) is 11.6. The first-order valence-corrected chi connectivity index (χ1v) is 6.97. The lowest BCUT2D eigenvalue weighted by molar-refractivity contribution is 0.0984. The summed E-state index contributed by atoms with van der Waals surface area (Å²) in [5.74, 6) is 0.765. The Morgan fingerprint density at radius 2 is 2.11 bits per heavy atom. The average Bonchev–Trinajstić information content (AvgIpc) is 2.41. The number of carbonyl (C=O) groups excluding carboxylic acids is 1. The molecule has 1 aliphatic rings. The van der Waals surface area contributed by atoms with Gasteiger partial charge in [0.05, 0.1) is 0 Å². The van der Waals surface area contributed by atoms with Gasteiger partial charge < -0.3 is 4.90 Å². The lowest BCUT2D eigenvalue weighted by atomic mass is 9.81. The minimum absolute atomic E-state index is 0.269. The number of likely N-dealkylation sites (N-methyl/N-ethyl adjacent to an activating group) is 1. The molecular formula is C16H23NO. The first-order valence-electron chi connectivity index (χ1n) is 6.97. The van der Waals surface area contributed by atoms with Crippen LogP contribution < -0.4 is 0 Å². The smallest absolute Gasteiger partial charge is 0.162 e. The van der Waals surface area contributed by atoms with Crippen molar-refractivity contribution in [2.24, 2.45) is 0 Å². The summed E-state index contributed by atoms with van der Waals surface area (Å²) in [6, 6.07) is 8.68. The highest BCUT2D eigenvalue weighted by molar-refractivity contribution is 5.97. The van der Waals surface area contributed by atoms with Gasteiger partial charge in [0.25, 0.3) is 0 Å². The summed E-state index contributed by atoms with van der Waals surface area (Å²) < 4.78 is 0. The number of hydrogen-bond donors (Lipinski definition) is 0. The molecule has 2 atom stereocenters. The first kappa shape index (κ1) is 13.3. The van der Waals surface area contributed by atoms with E-state index in [1.807, 2.05) is 19.1 Å². The fraction of sp³-hybridized carbons (Fsp3) is 0.562. The van der Waals surface area contributed by atoms with Gasteiger partial charge in [-0.05, 0) is 44.8 Å². The second kappa shape index (κ2) is 5.66. The van der Waals surface area contributed by atoms with Crippen LogP contribution in [0.1, 0.15) is 54.9 Å². The van der Waals surface area contributed by atoms with E-state index < -0.39 is 0 Å². The number of ketones is 1. The molecule has 0 aromatic heterocycles. The Morgan fingerprint density at radius 3 is 2.83 bits per heavy atom. The van der Waals surface area contributed by atoms with Crippen molar-refractivity contribution in [3.8, 4) is 0 Å². The third-order valence-electron chi connectivity index (χ3n) is 4.29. The summed E-state index contributed by atoms with van der Waals surface area (Å²) in [5, 5.41) is 0. The Labute approximate surface area is 110 Å². The van der Waals surface area contributed by atoms with Crippen LogP contribution in [-0.4, -0.2) is 30.3 Å². The highest BCUT2D eigenvalue weighted by Crippen LogP contribution is 2.33. The molecule has 1 fully saturated rings. The number of hydrogen-bond acceptors (Lipinski definition) is 2. The summed E-state index contributed by atoms with van der Waals surface area (Å²) in [5.41, 5.74) is 2.19. The van der Waals surface area contributed by atoms with Crippen LogP contribution in [0.25, 0.3) is 0 Å². The maximum atomic E-state index is 12.1. The largest absolute Gasteiger partial charge is 0.303 e. The zero-order valence-corrected chi connectivity index (χ0v) is 11.6. The van der Waals surface area contributed by atoms with Crippen LogP contribution in [0.4, 0.5) is 0 Å². The van der Waals surface area contributed by atoms with Crippen molar-refractivity contribution in [1.82, 2.24) is 4.90 Å². The molecule has 0 bridgehead atoms. The van der Waals surface area contributed by atoms with Crippen LogP contribution in [0.3, 0.4) is 0 Å². The standard InChI is InChI=1S/C16H23NO/c1-4-16(18)15-9-6-5-8-14(15)13-10-7-11-17(3)12(13)2/h5-6,8-9,12-13H,4,7,10-11H2,1-3H3. The van der Waals surface area contributed by atoms with Gasteiger partial charge in [-0.15, -0.1) is 0 Å². The monoisotopic (exact) mass is 245 g/mol. The molecule has 1 aliphatic heterocycles. The molecular weight excluding hydrogens is 222 g/mol. The number of piperidine rings is 1. The minimum atomic E-state index is 0.269. The fourth-order valence-electron chi connectivity index (χ4n) is 2.99. The van der Waals surface area contributed by atoms with Crippen LogP contribution in [0, 0.1) is 0 Å². The van der Waals surface area contributed by atoms with Crippen molar-refractivity contribution in [1.29, 1.82) is 0 Å². The lowest BCUT2D eigenvalue weighted by Gasteiger charge is -2.38. The second-order valence-electron chi connectivity index (χ2n) is 5.33. The van der Waals surface area contributed by atoms with Gasteiger partial charge in [0.1, 0.15) is 0 Å². The molecule has 1 aromatic carbocycles. The average molecular weight is 245 g/mol. The molecule has 0 N–H and O–H groups in total. The van der Waals surface area contributed by atoms with E-state index in [0.717, 1.165) is 5.56 Å². The van der Waals surface area contributed by atoms with Gasteiger partial charge in [0, 0.05) is 18.0 Å². The normalized spacial score (nSPS) is 25.1. The topological polar surface area (TPSA) is 20.3 Å². The molecule has 2 unspecified atom stereocenters. The molecule has 98 valence electrons. The predicted molar refractivity (Wildman–Crippen MR) is 75.1 cm³/mol. The van der Waals surface area contributed by atoms with E-state index in [1.54, 1.807) is 0 Å². The van der Waals surface area contributed by atoms with Gasteiger partial charge in [-0.25, -0.2) is 0 Å². The van der Waals surface area contributed by atoms with Gasteiger partial charge in [0.2, 0.25) is 0 Å². The SMILES string of the molecule is CCC(=O)c1ccccc1C1CCCN(C)C1C. The Kier molecular flexibility index (Phi) is 4.18. The molecule has 2 rings (SSSR count). The summed E-state index contributed by atoms with van der Waals surface area (Å²) in [7, 11) is 2.18. The molecule has 1 saturated heterocycles. The summed E-state index contributed by atoms with van der Waals surface area (Å²) in [4.78, 5) is 14.5. The van der Waals surface area contributed by atoms with Gasteiger partial charge >= 0.3 is 0 Å². The Balaban J connectivity index is 2.35. The number of nitrogens with zero attached hydrogens (tertiary/aromatic N) is 1. The molecule has 0 amide bonds. The number of carbonyl (C=O) groups is 1. The van der Waals surface area contributed by atoms with Gasteiger partial charge in [0.15, 0.2) is 5.78 Å². The van der Waals surface area contributed by atoms with E-state index in [9.17, 15) is 4.79 Å². The molecule has 0 saturated carbocycles. The van der Waals surface area contributed by atoms with Crippen LogP contribution in [0.5, 0.6) is 0 Å². The van der Waals surface area contributed by atoms with Crippen molar-refractivity contribution in [2.75, 3.05) is 13.6 Å². The number of rotatable bonds is 3. The Hall–Kier alpha value is -1.15. The third kappa shape index (κ3) is 2.49. The van der Waals surface area contributed by atoms with Gasteiger partial charge in [-0.3, -0.25) is 4.79 Å². The van der Waals surface area contributed by atoms with Gasteiger partial charge in [-0.1, -0.05) is 31.2 Å². The zero-order chi connectivity index (χ0) is 13.1. The van der Waals surface area contributed by atoms with E-state index in [-0.39, 0.29) is 5.78 Å². The molecule has 1 aromatic rings. The Morgan fingerprint density at radius 1 is 1.39 bits per heavy atom. The molecule has 0 spiro atoms. The van der Waals surface area contributed by atoms with E-state index in [1.165, 1.54) is 24.9 Å². The van der Waals surface area contributed by atoms with Gasteiger partial charge in [-0.2, -0.15) is 0 Å². The summed E-state index contributed by atoms with van der Waals surface area (Å²) >= 11 is 0. The molecule has 18 heavy (non-hydrogen) atoms.